The van der Waals surface area contributed by atoms with E-state index >= 15 is 0 Å². The number of nitrogens with one attached hydrogen (secondary N) is 2. The number of carbonyl (C=O) groups is 1. The maximum Gasteiger partial charge on any atom is 0.262 e. The molecule has 1 atom stereocenters. The lowest BCUT2D eigenvalue weighted by molar-refractivity contribution is -0.119. The predicted octanol–water partition coefficient (Wildman–Crippen LogP) is 2.76. The summed E-state index contributed by atoms with van der Waals surface area (Å²) in [6.45, 7) is 3.59. The van der Waals surface area contributed by atoms with Gasteiger partial charge in [0.25, 0.3) is 10.0 Å². The number of methoxy groups -OCH3 is 1. The van der Waals surface area contributed by atoms with Crippen LogP contribution in [-0.2, 0) is 14.8 Å². The minimum absolute atomic E-state index is 0. The van der Waals surface area contributed by atoms with Crippen LogP contribution in [0.3, 0.4) is 0 Å². The number of carbonyl (C=O) groups excluding carboxylic acids is 1. The molecule has 0 aliphatic carbocycles. The summed E-state index contributed by atoms with van der Waals surface area (Å²) in [7, 11) is -2.40. The average Bonchev–Trinajstić information content (AvgIpc) is 2.62. The maximum atomic E-state index is 12.8. The van der Waals surface area contributed by atoms with Gasteiger partial charge in [-0.15, -0.1) is 12.4 Å². The van der Waals surface area contributed by atoms with Gasteiger partial charge in [-0.2, -0.15) is 0 Å². The number of rotatable bonds is 7. The van der Waals surface area contributed by atoms with Crippen molar-refractivity contribution in [1.29, 1.82) is 0 Å². The van der Waals surface area contributed by atoms with Crippen LogP contribution in [0.5, 0.6) is 5.75 Å². The second-order valence-electron chi connectivity index (χ2n) is 5.91. The smallest absolute Gasteiger partial charge is 0.262 e. The zero-order valence-corrected chi connectivity index (χ0v) is 17.0. The van der Waals surface area contributed by atoms with Crippen molar-refractivity contribution in [1.82, 2.24) is 0 Å². The predicted molar refractivity (Wildman–Crippen MR) is 109 cm³/mol. The van der Waals surface area contributed by atoms with Gasteiger partial charge in [0.15, 0.2) is 0 Å². The number of benzene rings is 2. The molecule has 0 bridgehead atoms. The molecule has 0 fully saturated rings. The van der Waals surface area contributed by atoms with Crippen molar-refractivity contribution in [2.24, 2.45) is 11.7 Å². The van der Waals surface area contributed by atoms with E-state index in [0.29, 0.717) is 22.7 Å². The molecule has 7 nitrogen and oxygen atoms in total. The first-order valence-corrected chi connectivity index (χ1v) is 9.54. The van der Waals surface area contributed by atoms with Crippen LogP contribution in [0.25, 0.3) is 0 Å². The highest BCUT2D eigenvalue weighted by molar-refractivity contribution is 7.92. The fourth-order valence-electron chi connectivity index (χ4n) is 2.27. The molecule has 0 radical (unpaired) electrons. The van der Waals surface area contributed by atoms with Crippen molar-refractivity contribution in [3.05, 3.63) is 48.0 Å². The Kier molecular flexibility index (Phi) is 8.08. The molecule has 0 saturated carbocycles. The van der Waals surface area contributed by atoms with Crippen LogP contribution in [0, 0.1) is 12.8 Å². The quantitative estimate of drug-likeness (QED) is 0.646. The van der Waals surface area contributed by atoms with Crippen LogP contribution in [-0.4, -0.2) is 28.0 Å². The minimum atomic E-state index is -3.87. The van der Waals surface area contributed by atoms with E-state index in [1.165, 1.54) is 13.2 Å². The fraction of sp³-hybridized carbons (Fsp3) is 0.278. The Bertz CT molecular complexity index is 903. The number of sulfonamides is 1. The standard InChI is InChI=1S/C18H23N3O4S.ClH/c1-12-8-9-14(20-18(22)13(2)11-19)10-17(12)26(23,24)21-15-6-4-5-7-16(15)25-3;/h4-10,13,21H,11,19H2,1-3H3,(H,20,22);1H. The zero-order valence-electron chi connectivity index (χ0n) is 15.4. The molecule has 0 aliphatic rings. The summed E-state index contributed by atoms with van der Waals surface area (Å²) in [6, 6.07) is 11.4. The summed E-state index contributed by atoms with van der Waals surface area (Å²) >= 11 is 0. The van der Waals surface area contributed by atoms with E-state index in [4.69, 9.17) is 10.5 Å². The molecule has 27 heavy (non-hydrogen) atoms. The molecule has 0 aliphatic heterocycles. The van der Waals surface area contributed by atoms with E-state index in [1.807, 2.05) is 0 Å². The van der Waals surface area contributed by atoms with Crippen molar-refractivity contribution in [2.75, 3.05) is 23.7 Å². The molecule has 0 saturated heterocycles. The van der Waals surface area contributed by atoms with Crippen molar-refractivity contribution >= 4 is 39.7 Å². The van der Waals surface area contributed by atoms with Gasteiger partial charge in [-0.1, -0.05) is 25.1 Å². The first kappa shape index (κ1) is 22.8. The number of nitrogens with two attached hydrogens (primary N) is 1. The van der Waals surface area contributed by atoms with Crippen LogP contribution in [0.4, 0.5) is 11.4 Å². The number of aryl methyl sites for hydroxylation is 1. The Morgan fingerprint density at radius 1 is 1.22 bits per heavy atom. The lowest BCUT2D eigenvalue weighted by atomic mass is 10.1. The van der Waals surface area contributed by atoms with E-state index < -0.39 is 10.0 Å². The largest absolute Gasteiger partial charge is 0.495 e. The molecular weight excluding hydrogens is 390 g/mol. The van der Waals surface area contributed by atoms with E-state index in [0.717, 1.165) is 0 Å². The molecule has 4 N–H and O–H groups in total. The number of para-hydroxylation sites is 2. The highest BCUT2D eigenvalue weighted by atomic mass is 35.5. The molecule has 9 heteroatoms. The van der Waals surface area contributed by atoms with Crippen LogP contribution >= 0.6 is 12.4 Å². The summed E-state index contributed by atoms with van der Waals surface area (Å²) < 4.78 is 33.3. The van der Waals surface area contributed by atoms with Gasteiger partial charge in [-0.25, -0.2) is 8.42 Å². The molecule has 0 aromatic heterocycles. The third-order valence-corrected chi connectivity index (χ3v) is 5.41. The zero-order chi connectivity index (χ0) is 19.3. The second kappa shape index (κ2) is 9.59. The van der Waals surface area contributed by atoms with Crippen LogP contribution in [0.15, 0.2) is 47.4 Å². The first-order chi connectivity index (χ1) is 12.3. The Labute approximate surface area is 165 Å². The van der Waals surface area contributed by atoms with Gasteiger partial charge >= 0.3 is 0 Å². The third-order valence-electron chi connectivity index (χ3n) is 3.90. The van der Waals surface area contributed by atoms with Crippen LogP contribution < -0.4 is 20.5 Å². The maximum absolute atomic E-state index is 12.8. The van der Waals surface area contributed by atoms with Gasteiger partial charge in [0.1, 0.15) is 5.75 Å². The first-order valence-electron chi connectivity index (χ1n) is 8.06. The van der Waals surface area contributed by atoms with Crippen LogP contribution in [0.1, 0.15) is 12.5 Å². The molecule has 148 valence electrons. The number of hydrogen-bond donors (Lipinski definition) is 3. The highest BCUT2D eigenvalue weighted by Crippen LogP contribution is 2.28. The number of ether oxygens (including phenoxy) is 1. The van der Waals surface area contributed by atoms with E-state index in [-0.39, 0.29) is 35.7 Å². The van der Waals surface area contributed by atoms with E-state index in [9.17, 15) is 13.2 Å². The Balaban J connectivity index is 0.00000364. The lowest BCUT2D eigenvalue weighted by Crippen LogP contribution is -2.26. The Morgan fingerprint density at radius 3 is 2.52 bits per heavy atom. The minimum Gasteiger partial charge on any atom is -0.495 e. The van der Waals surface area contributed by atoms with Gasteiger partial charge in [-0.3, -0.25) is 9.52 Å². The Hall–Kier alpha value is -2.29. The van der Waals surface area contributed by atoms with Crippen LogP contribution in [0.2, 0.25) is 0 Å². The molecule has 2 rings (SSSR count). The van der Waals surface area contributed by atoms with Gasteiger partial charge in [0.05, 0.1) is 17.7 Å². The SMILES string of the molecule is COc1ccccc1NS(=O)(=O)c1cc(NC(=O)C(C)CN)ccc1C.Cl. The van der Waals surface area contributed by atoms with Gasteiger partial charge in [0.2, 0.25) is 5.91 Å². The molecular formula is C18H24ClN3O4S. The summed E-state index contributed by atoms with van der Waals surface area (Å²) in [6.07, 6.45) is 0. The number of anilines is 2. The summed E-state index contributed by atoms with van der Waals surface area (Å²) in [5.74, 6) is -0.226. The van der Waals surface area contributed by atoms with Crippen molar-refractivity contribution in [3.63, 3.8) is 0 Å². The van der Waals surface area contributed by atoms with Gasteiger partial charge in [0, 0.05) is 18.2 Å². The molecule has 1 unspecified atom stereocenters. The van der Waals surface area contributed by atoms with E-state index in [2.05, 4.69) is 10.0 Å². The molecule has 0 heterocycles. The van der Waals surface area contributed by atoms with Crippen molar-refractivity contribution in [3.8, 4) is 5.75 Å². The van der Waals surface area contributed by atoms with E-state index in [1.54, 1.807) is 50.2 Å². The number of halogens is 1. The summed E-state index contributed by atoms with van der Waals surface area (Å²) in [4.78, 5) is 12.1. The second-order valence-corrected chi connectivity index (χ2v) is 7.56. The average molecular weight is 414 g/mol. The summed E-state index contributed by atoms with van der Waals surface area (Å²) in [5.41, 5.74) is 6.76. The van der Waals surface area contributed by atoms with Crippen molar-refractivity contribution < 1.29 is 17.9 Å². The van der Waals surface area contributed by atoms with Crippen molar-refractivity contribution in [2.45, 2.75) is 18.7 Å². The molecule has 1 amide bonds. The number of hydrogen-bond acceptors (Lipinski definition) is 5. The number of amides is 1. The highest BCUT2D eigenvalue weighted by Gasteiger charge is 2.20. The monoisotopic (exact) mass is 413 g/mol. The Morgan fingerprint density at radius 2 is 1.89 bits per heavy atom. The topological polar surface area (TPSA) is 111 Å². The molecule has 0 spiro atoms. The fourth-order valence-corrected chi connectivity index (χ4v) is 3.61. The molecule has 2 aromatic rings. The van der Waals surface area contributed by atoms with Gasteiger partial charge in [-0.05, 0) is 36.8 Å². The lowest BCUT2D eigenvalue weighted by Gasteiger charge is -2.15. The third kappa shape index (κ3) is 5.59. The normalized spacial score (nSPS) is 11.9. The molecule has 2 aromatic carbocycles. The van der Waals surface area contributed by atoms with Gasteiger partial charge < -0.3 is 15.8 Å². The summed E-state index contributed by atoms with van der Waals surface area (Å²) in [5, 5.41) is 2.68.